The highest BCUT2D eigenvalue weighted by molar-refractivity contribution is 7.29. The van der Waals surface area contributed by atoms with E-state index in [9.17, 15) is 5.11 Å². The van der Waals surface area contributed by atoms with Crippen LogP contribution < -0.4 is 10.2 Å². The van der Waals surface area contributed by atoms with Crippen LogP contribution in [-0.2, 0) is 0 Å². The van der Waals surface area contributed by atoms with Crippen LogP contribution >= 0.6 is 46.6 Å². The molecule has 0 atom stereocenters. The maximum atomic E-state index is 10.5. The van der Waals surface area contributed by atoms with E-state index in [-0.39, 0.29) is 18.2 Å². The van der Waals surface area contributed by atoms with Crippen molar-refractivity contribution in [3.05, 3.63) is 23.8 Å². The highest BCUT2D eigenvalue weighted by Gasteiger charge is 2.22. The molecule has 0 aliphatic carbocycles. The summed E-state index contributed by atoms with van der Waals surface area (Å²) in [6.45, 7) is 2.11. The number of anilines is 1. The lowest BCUT2D eigenvalue weighted by atomic mass is 10.1. The Bertz CT molecular complexity index is 1070. The second-order valence-electron chi connectivity index (χ2n) is 6.72. The first-order valence-electron chi connectivity index (χ1n) is 8.99. The number of fused-ring (bicyclic) bond motifs is 1. The van der Waals surface area contributed by atoms with E-state index in [1.807, 2.05) is 5.38 Å². The zero-order valence-corrected chi connectivity index (χ0v) is 18.8. The number of halogens is 1. The molecule has 4 aromatic heterocycles. The zero-order valence-electron chi connectivity index (χ0n) is 15.5. The van der Waals surface area contributed by atoms with Gasteiger partial charge in [-0.05, 0) is 43.5 Å². The van der Waals surface area contributed by atoms with Gasteiger partial charge in [0.2, 0.25) is 0 Å². The van der Waals surface area contributed by atoms with Gasteiger partial charge in [0.1, 0.15) is 16.5 Å². The van der Waals surface area contributed by atoms with Gasteiger partial charge in [-0.25, -0.2) is 19.3 Å². The second-order valence-corrected chi connectivity index (χ2v) is 9.31. The predicted molar refractivity (Wildman–Crippen MR) is 123 cm³/mol. The summed E-state index contributed by atoms with van der Waals surface area (Å²) < 4.78 is 4.09. The molecule has 0 amide bonds. The number of aromatic hydroxyl groups is 1. The van der Waals surface area contributed by atoms with E-state index in [0.717, 1.165) is 51.9 Å². The fourth-order valence-corrected chi connectivity index (χ4v) is 5.98. The number of aromatic nitrogens is 4. The van der Waals surface area contributed by atoms with Crippen molar-refractivity contribution in [3.8, 4) is 27.6 Å². The highest BCUT2D eigenvalue weighted by atomic mass is 35.5. The van der Waals surface area contributed by atoms with E-state index < -0.39 is 0 Å². The third-order valence-corrected chi connectivity index (χ3v) is 7.67. The van der Waals surface area contributed by atoms with E-state index in [1.54, 1.807) is 29.8 Å². The molecule has 1 aliphatic heterocycles. The predicted octanol–water partition coefficient (Wildman–Crippen LogP) is 4.25. The molecule has 1 fully saturated rings. The summed E-state index contributed by atoms with van der Waals surface area (Å²) >= 11 is 4.44. The van der Waals surface area contributed by atoms with Gasteiger partial charge in [-0.15, -0.1) is 12.4 Å². The maximum Gasteiger partial charge on any atom is 0.188 e. The Balaban J connectivity index is 0.00000205. The van der Waals surface area contributed by atoms with Crippen molar-refractivity contribution in [1.29, 1.82) is 0 Å². The van der Waals surface area contributed by atoms with Crippen LogP contribution in [0.5, 0.6) is 5.75 Å². The molecule has 0 unspecified atom stereocenters. The third-order valence-electron chi connectivity index (χ3n) is 4.96. The molecule has 11 heteroatoms. The van der Waals surface area contributed by atoms with Crippen molar-refractivity contribution >= 4 is 61.4 Å². The highest BCUT2D eigenvalue weighted by Crippen LogP contribution is 2.39. The first-order valence-corrected chi connectivity index (χ1v) is 11.5. The Morgan fingerprint density at radius 2 is 1.90 bits per heavy atom. The normalized spacial score (nSPS) is 14.8. The van der Waals surface area contributed by atoms with Crippen molar-refractivity contribution in [2.75, 3.05) is 25.0 Å². The van der Waals surface area contributed by atoms with Crippen molar-refractivity contribution in [2.24, 2.45) is 0 Å². The number of hydrogen-bond acceptors (Lipinski definition) is 10. The Morgan fingerprint density at radius 1 is 1.10 bits per heavy atom. The van der Waals surface area contributed by atoms with E-state index in [1.165, 1.54) is 22.9 Å². The Kier molecular flexibility index (Phi) is 5.98. The number of hydrogen-bond donors (Lipinski definition) is 2. The van der Waals surface area contributed by atoms with Crippen LogP contribution in [0.15, 0.2) is 23.8 Å². The monoisotopic (exact) mass is 466 g/mol. The summed E-state index contributed by atoms with van der Waals surface area (Å²) in [5.41, 5.74) is 2.29. The van der Waals surface area contributed by atoms with E-state index in [0.29, 0.717) is 16.7 Å². The van der Waals surface area contributed by atoms with E-state index in [2.05, 4.69) is 31.6 Å². The standard InChI is InChI=1S/C18H18N6OS3.ClH/c1-24(12-2-4-19-5-3-12)18-23-17-16(28-18)22-15(27-17)14-13(25)6-10(7-20-14)11-8-21-26-9-11;/h6-9,12,19,25H,2-5H2,1H3;1H. The lowest BCUT2D eigenvalue weighted by Gasteiger charge is -2.31. The van der Waals surface area contributed by atoms with Gasteiger partial charge in [-0.2, -0.15) is 0 Å². The molecule has 1 saturated heterocycles. The van der Waals surface area contributed by atoms with Crippen molar-refractivity contribution in [2.45, 2.75) is 18.9 Å². The van der Waals surface area contributed by atoms with E-state index >= 15 is 0 Å². The quantitative estimate of drug-likeness (QED) is 0.464. The second kappa shape index (κ2) is 8.49. The van der Waals surface area contributed by atoms with Crippen LogP contribution in [0.4, 0.5) is 5.13 Å². The molecular formula is C18H19ClN6OS3. The summed E-state index contributed by atoms with van der Waals surface area (Å²) in [5, 5.41) is 17.5. The largest absolute Gasteiger partial charge is 0.506 e. The molecule has 5 heterocycles. The molecule has 5 rings (SSSR count). The minimum absolute atomic E-state index is 0. The smallest absolute Gasteiger partial charge is 0.188 e. The van der Waals surface area contributed by atoms with Gasteiger partial charge in [-0.1, -0.05) is 22.7 Å². The van der Waals surface area contributed by atoms with Crippen molar-refractivity contribution in [1.82, 2.24) is 24.6 Å². The van der Waals surface area contributed by atoms with Crippen molar-refractivity contribution in [3.63, 3.8) is 0 Å². The van der Waals surface area contributed by atoms with Crippen molar-refractivity contribution < 1.29 is 5.11 Å². The minimum Gasteiger partial charge on any atom is -0.506 e. The summed E-state index contributed by atoms with van der Waals surface area (Å²) in [7, 11) is 2.12. The van der Waals surface area contributed by atoms with Gasteiger partial charge in [0.15, 0.2) is 14.8 Å². The molecule has 1 aliphatic rings. The van der Waals surface area contributed by atoms with Gasteiger partial charge in [0.25, 0.3) is 0 Å². The molecule has 0 radical (unpaired) electrons. The van der Waals surface area contributed by atoms with Crippen LogP contribution in [0.2, 0.25) is 0 Å². The molecule has 152 valence electrons. The van der Waals surface area contributed by atoms with Gasteiger partial charge < -0.3 is 15.3 Å². The molecular weight excluding hydrogens is 448 g/mol. The Hall–Kier alpha value is -1.85. The number of rotatable bonds is 4. The SMILES string of the molecule is CN(c1nc2sc(-c3ncc(-c4cnsc4)cc3O)nc2s1)C1CCNCC1.Cl. The summed E-state index contributed by atoms with van der Waals surface area (Å²) in [4.78, 5) is 18.0. The molecule has 0 aromatic carbocycles. The minimum atomic E-state index is 0. The fourth-order valence-electron chi connectivity index (χ4n) is 3.36. The first-order chi connectivity index (χ1) is 13.7. The van der Waals surface area contributed by atoms with Crippen LogP contribution in [0.1, 0.15) is 12.8 Å². The molecule has 4 aromatic rings. The lowest BCUT2D eigenvalue weighted by molar-refractivity contribution is 0.443. The van der Waals surface area contributed by atoms with Gasteiger partial charge in [0.05, 0.1) is 0 Å². The number of nitrogens with one attached hydrogen (secondary N) is 1. The van der Waals surface area contributed by atoms with Gasteiger partial charge in [-0.3, -0.25) is 0 Å². The average Bonchev–Trinajstić information content (AvgIpc) is 3.44. The van der Waals surface area contributed by atoms with Crippen LogP contribution in [0.25, 0.3) is 31.5 Å². The summed E-state index contributed by atoms with van der Waals surface area (Å²) in [5.74, 6) is 0.122. The summed E-state index contributed by atoms with van der Waals surface area (Å²) in [6.07, 6.45) is 5.78. The Morgan fingerprint density at radius 3 is 2.59 bits per heavy atom. The molecule has 0 saturated carbocycles. The number of piperidine rings is 1. The van der Waals surface area contributed by atoms with Gasteiger partial charge in [0, 0.05) is 42.0 Å². The number of thiazole rings is 2. The maximum absolute atomic E-state index is 10.5. The molecule has 0 bridgehead atoms. The zero-order chi connectivity index (χ0) is 19.1. The Labute approximate surface area is 186 Å². The lowest BCUT2D eigenvalue weighted by Crippen LogP contribution is -2.41. The van der Waals surface area contributed by atoms with E-state index in [4.69, 9.17) is 4.98 Å². The van der Waals surface area contributed by atoms with Gasteiger partial charge >= 0.3 is 0 Å². The number of nitrogens with zero attached hydrogens (tertiary/aromatic N) is 5. The number of pyridine rings is 1. The molecule has 7 nitrogen and oxygen atoms in total. The van der Waals surface area contributed by atoms with Crippen LogP contribution in [-0.4, -0.2) is 50.6 Å². The molecule has 0 spiro atoms. The molecule has 29 heavy (non-hydrogen) atoms. The first kappa shape index (κ1) is 20.4. The summed E-state index contributed by atoms with van der Waals surface area (Å²) in [6, 6.07) is 2.23. The van der Waals surface area contributed by atoms with Crippen LogP contribution in [0.3, 0.4) is 0 Å². The average molecular weight is 467 g/mol. The van der Waals surface area contributed by atoms with Crippen LogP contribution in [0, 0.1) is 0 Å². The third kappa shape index (κ3) is 3.95. The topological polar surface area (TPSA) is 87.1 Å². The fraction of sp³-hybridized carbons (Fsp3) is 0.333. The molecule has 2 N–H and O–H groups in total.